The van der Waals surface area contributed by atoms with E-state index in [2.05, 4.69) is 12.1 Å². The minimum Gasteiger partial charge on any atom is -0.443 e. The molecule has 1 saturated carbocycles. The first kappa shape index (κ1) is 14.9. The zero-order valence-electron chi connectivity index (χ0n) is 13.3. The van der Waals surface area contributed by atoms with Crippen LogP contribution in [0.25, 0.3) is 0 Å². The molecule has 2 heterocycles. The van der Waals surface area contributed by atoms with Crippen LogP contribution in [-0.2, 0) is 19.6 Å². The van der Waals surface area contributed by atoms with Gasteiger partial charge in [-0.2, -0.15) is 0 Å². The van der Waals surface area contributed by atoms with Crippen molar-refractivity contribution in [2.45, 2.75) is 37.1 Å². The lowest BCUT2D eigenvalue weighted by Crippen LogP contribution is -2.40. The lowest BCUT2D eigenvalue weighted by molar-refractivity contribution is -0.169. The molecule has 0 spiro atoms. The average molecular weight is 318 g/mol. The highest BCUT2D eigenvalue weighted by molar-refractivity contribution is 5.89. The van der Waals surface area contributed by atoms with Gasteiger partial charge in [-0.05, 0) is 37.5 Å². The first-order valence-electron chi connectivity index (χ1n) is 8.15. The van der Waals surface area contributed by atoms with Crippen LogP contribution in [-0.4, -0.2) is 44.3 Å². The number of carbonyl (C=O) groups is 1. The van der Waals surface area contributed by atoms with Crippen molar-refractivity contribution in [2.24, 2.45) is 5.73 Å². The molecule has 6 nitrogen and oxygen atoms in total. The van der Waals surface area contributed by atoms with Crippen molar-refractivity contribution in [1.82, 2.24) is 0 Å². The summed E-state index contributed by atoms with van der Waals surface area (Å²) < 4.78 is 17.0. The molecule has 0 radical (unpaired) electrons. The Hall–Kier alpha value is -1.63. The number of rotatable bonds is 4. The average Bonchev–Trinajstić information content (AvgIpc) is 3.14. The summed E-state index contributed by atoms with van der Waals surface area (Å²) in [5.74, 6) is -0.536. The van der Waals surface area contributed by atoms with Crippen molar-refractivity contribution in [3.05, 3.63) is 29.8 Å². The van der Waals surface area contributed by atoms with Gasteiger partial charge < -0.3 is 19.9 Å². The van der Waals surface area contributed by atoms with Crippen molar-refractivity contribution < 1.29 is 19.0 Å². The lowest BCUT2D eigenvalue weighted by atomic mass is 9.87. The van der Waals surface area contributed by atoms with E-state index >= 15 is 0 Å². The van der Waals surface area contributed by atoms with Crippen LogP contribution in [0.1, 0.15) is 25.3 Å². The molecule has 0 aromatic heterocycles. The number of nitrogens with zero attached hydrogens (tertiary/aromatic N) is 1. The molecule has 0 bridgehead atoms. The van der Waals surface area contributed by atoms with E-state index < -0.39 is 5.79 Å². The zero-order valence-corrected chi connectivity index (χ0v) is 13.3. The van der Waals surface area contributed by atoms with Gasteiger partial charge in [0.05, 0.1) is 19.8 Å². The first-order chi connectivity index (χ1) is 11.1. The topological polar surface area (TPSA) is 74.0 Å². The van der Waals surface area contributed by atoms with Crippen LogP contribution in [0.15, 0.2) is 24.3 Å². The van der Waals surface area contributed by atoms with Crippen LogP contribution in [0, 0.1) is 0 Å². The van der Waals surface area contributed by atoms with E-state index in [1.807, 2.05) is 19.1 Å². The second-order valence-electron chi connectivity index (χ2n) is 6.62. The van der Waals surface area contributed by atoms with Gasteiger partial charge >= 0.3 is 6.09 Å². The van der Waals surface area contributed by atoms with Crippen molar-refractivity contribution >= 4 is 11.8 Å². The number of hydrogen-bond acceptors (Lipinski definition) is 5. The molecular weight excluding hydrogens is 296 g/mol. The van der Waals surface area contributed by atoms with E-state index in [-0.39, 0.29) is 17.6 Å². The number of cyclic esters (lactones) is 1. The SMILES string of the molecule is CC1(C2(c3ccc(N4C[C@H](CN)OC4=O)cc3)CC2)OCCO1. The number of anilines is 1. The molecule has 1 atom stereocenters. The Bertz CT molecular complexity index is 606. The molecule has 1 aliphatic carbocycles. The molecule has 4 rings (SSSR count). The lowest BCUT2D eigenvalue weighted by Gasteiger charge is -2.33. The summed E-state index contributed by atoms with van der Waals surface area (Å²) in [5.41, 5.74) is 7.56. The Morgan fingerprint density at radius 3 is 2.39 bits per heavy atom. The molecule has 23 heavy (non-hydrogen) atoms. The maximum atomic E-state index is 11.9. The predicted molar refractivity (Wildman–Crippen MR) is 84.3 cm³/mol. The van der Waals surface area contributed by atoms with E-state index in [1.54, 1.807) is 4.90 Å². The molecule has 2 saturated heterocycles. The second-order valence-corrected chi connectivity index (χ2v) is 6.62. The van der Waals surface area contributed by atoms with Crippen molar-refractivity contribution in [3.63, 3.8) is 0 Å². The van der Waals surface area contributed by atoms with Gasteiger partial charge in [0, 0.05) is 17.6 Å². The third kappa shape index (κ3) is 2.24. The molecule has 3 aliphatic rings. The van der Waals surface area contributed by atoms with E-state index in [1.165, 1.54) is 5.56 Å². The fourth-order valence-corrected chi connectivity index (χ4v) is 3.74. The Morgan fingerprint density at radius 1 is 1.22 bits per heavy atom. The van der Waals surface area contributed by atoms with Gasteiger partial charge in [-0.1, -0.05) is 12.1 Å². The third-order valence-electron chi connectivity index (χ3n) is 5.33. The molecular formula is C17H22N2O4. The second kappa shape index (κ2) is 5.19. The van der Waals surface area contributed by atoms with E-state index in [4.69, 9.17) is 19.9 Å². The maximum Gasteiger partial charge on any atom is 0.414 e. The molecule has 2 N–H and O–H groups in total. The molecule has 6 heteroatoms. The smallest absolute Gasteiger partial charge is 0.414 e. The standard InChI is InChI=1S/C17H22N2O4/c1-16(21-8-9-22-16)17(6-7-17)12-2-4-13(5-3-12)19-11-14(10-18)23-15(19)20/h2-5,14H,6-11,18H2,1H3/t14-/m0/s1. The largest absolute Gasteiger partial charge is 0.443 e. The van der Waals surface area contributed by atoms with Crippen molar-refractivity contribution in [1.29, 1.82) is 0 Å². The summed E-state index contributed by atoms with van der Waals surface area (Å²) in [6, 6.07) is 8.07. The van der Waals surface area contributed by atoms with Crippen LogP contribution in [0.5, 0.6) is 0 Å². The number of carbonyl (C=O) groups excluding carboxylic acids is 1. The van der Waals surface area contributed by atoms with Gasteiger partial charge in [-0.25, -0.2) is 4.79 Å². The summed E-state index contributed by atoms with van der Waals surface area (Å²) in [7, 11) is 0. The van der Waals surface area contributed by atoms with E-state index in [0.29, 0.717) is 26.3 Å². The van der Waals surface area contributed by atoms with Crippen LogP contribution in [0.2, 0.25) is 0 Å². The van der Waals surface area contributed by atoms with E-state index in [0.717, 1.165) is 18.5 Å². The minimum atomic E-state index is -0.536. The van der Waals surface area contributed by atoms with Gasteiger partial charge in [0.2, 0.25) is 0 Å². The first-order valence-corrected chi connectivity index (χ1v) is 8.15. The Balaban J connectivity index is 1.56. The Kier molecular flexibility index (Phi) is 3.37. The Labute approximate surface area is 135 Å². The summed E-state index contributed by atoms with van der Waals surface area (Å²) in [6.07, 6.45) is 1.56. The normalized spacial score (nSPS) is 28.0. The van der Waals surface area contributed by atoms with Gasteiger partial charge in [0.15, 0.2) is 5.79 Å². The highest BCUT2D eigenvalue weighted by atomic mass is 16.7. The number of benzene rings is 1. The number of nitrogens with two attached hydrogens (primary N) is 1. The highest BCUT2D eigenvalue weighted by Gasteiger charge is 2.61. The fraction of sp³-hybridized carbons (Fsp3) is 0.588. The number of ether oxygens (including phenoxy) is 3. The van der Waals surface area contributed by atoms with Crippen molar-refractivity contribution in [3.8, 4) is 0 Å². The quantitative estimate of drug-likeness (QED) is 0.916. The summed E-state index contributed by atoms with van der Waals surface area (Å²) >= 11 is 0. The monoisotopic (exact) mass is 318 g/mol. The minimum absolute atomic E-state index is 0.0622. The number of amides is 1. The Morgan fingerprint density at radius 2 is 1.87 bits per heavy atom. The van der Waals surface area contributed by atoms with Crippen LogP contribution in [0.4, 0.5) is 10.5 Å². The molecule has 1 aromatic carbocycles. The molecule has 1 amide bonds. The maximum absolute atomic E-state index is 11.9. The van der Waals surface area contributed by atoms with Crippen molar-refractivity contribution in [2.75, 3.05) is 31.2 Å². The molecule has 1 aromatic rings. The van der Waals surface area contributed by atoms with Gasteiger partial charge in [-0.15, -0.1) is 0 Å². The highest BCUT2D eigenvalue weighted by Crippen LogP contribution is 2.58. The van der Waals surface area contributed by atoms with Crippen LogP contribution in [0.3, 0.4) is 0 Å². The molecule has 0 unspecified atom stereocenters. The molecule has 3 fully saturated rings. The van der Waals surface area contributed by atoms with E-state index in [9.17, 15) is 4.79 Å². The summed E-state index contributed by atoms with van der Waals surface area (Å²) in [6.45, 7) is 4.18. The third-order valence-corrected chi connectivity index (χ3v) is 5.33. The predicted octanol–water partition coefficient (Wildman–Crippen LogP) is 1.77. The van der Waals surface area contributed by atoms with Gasteiger partial charge in [0.25, 0.3) is 0 Å². The van der Waals surface area contributed by atoms with Crippen LogP contribution < -0.4 is 10.6 Å². The van der Waals surface area contributed by atoms with Gasteiger partial charge in [-0.3, -0.25) is 4.90 Å². The summed E-state index contributed by atoms with van der Waals surface area (Å²) in [5, 5.41) is 0. The van der Waals surface area contributed by atoms with Gasteiger partial charge in [0.1, 0.15) is 6.10 Å². The fourth-order valence-electron chi connectivity index (χ4n) is 3.74. The van der Waals surface area contributed by atoms with Crippen LogP contribution >= 0.6 is 0 Å². The zero-order chi connectivity index (χ0) is 16.1. The summed E-state index contributed by atoms with van der Waals surface area (Å²) in [4.78, 5) is 13.5. The number of hydrogen-bond donors (Lipinski definition) is 1. The molecule has 2 aliphatic heterocycles. The molecule has 124 valence electrons.